The Morgan fingerprint density at radius 2 is 1.85 bits per heavy atom. The molecule has 1 unspecified atom stereocenters. The summed E-state index contributed by atoms with van der Waals surface area (Å²) >= 11 is 0. The van der Waals surface area contributed by atoms with Gasteiger partial charge in [-0.15, -0.1) is 0 Å². The van der Waals surface area contributed by atoms with Crippen LogP contribution in [-0.2, 0) is 4.79 Å². The Kier molecular flexibility index (Phi) is 3.25. The van der Waals surface area contributed by atoms with Crippen molar-refractivity contribution in [2.24, 2.45) is 0 Å². The molecule has 0 aromatic heterocycles. The summed E-state index contributed by atoms with van der Waals surface area (Å²) < 4.78 is 5.16. The van der Waals surface area contributed by atoms with Crippen molar-refractivity contribution in [3.8, 4) is 5.75 Å². The molecule has 0 aliphatic carbocycles. The van der Waals surface area contributed by atoms with Crippen LogP contribution >= 0.6 is 0 Å². The molecule has 3 heteroatoms. The monoisotopic (exact) mass is 265 g/mol. The fourth-order valence-corrected chi connectivity index (χ4v) is 2.50. The summed E-state index contributed by atoms with van der Waals surface area (Å²) in [4.78, 5) is 13.2. The SMILES string of the molecule is COc1ccc(C2C=Cc3ccccc3N2C=O)cc1. The zero-order chi connectivity index (χ0) is 13.9. The van der Waals surface area contributed by atoms with Crippen LogP contribution in [-0.4, -0.2) is 13.5 Å². The molecule has 2 aromatic carbocycles. The third-order valence-electron chi connectivity index (χ3n) is 3.54. The molecule has 3 rings (SSSR count). The van der Waals surface area contributed by atoms with E-state index in [0.717, 1.165) is 29.0 Å². The number of anilines is 1. The highest BCUT2D eigenvalue weighted by atomic mass is 16.5. The Hall–Kier alpha value is -2.55. The third kappa shape index (κ3) is 2.07. The minimum absolute atomic E-state index is 0.0756. The molecule has 0 N–H and O–H groups in total. The van der Waals surface area contributed by atoms with Gasteiger partial charge in [0.15, 0.2) is 0 Å². The maximum Gasteiger partial charge on any atom is 0.214 e. The van der Waals surface area contributed by atoms with Crippen molar-refractivity contribution < 1.29 is 9.53 Å². The van der Waals surface area contributed by atoms with Gasteiger partial charge >= 0.3 is 0 Å². The van der Waals surface area contributed by atoms with E-state index >= 15 is 0 Å². The summed E-state index contributed by atoms with van der Waals surface area (Å²) in [6, 6.07) is 15.6. The highest BCUT2D eigenvalue weighted by Gasteiger charge is 2.23. The fraction of sp³-hybridized carbons (Fsp3) is 0.118. The molecule has 100 valence electrons. The molecule has 2 aromatic rings. The maximum atomic E-state index is 11.5. The lowest BCUT2D eigenvalue weighted by Gasteiger charge is -2.31. The van der Waals surface area contributed by atoms with Gasteiger partial charge in [0.2, 0.25) is 6.41 Å². The topological polar surface area (TPSA) is 29.5 Å². The average Bonchev–Trinajstić information content (AvgIpc) is 2.54. The predicted octanol–water partition coefficient (Wildman–Crippen LogP) is 3.43. The molecule has 1 heterocycles. The molecule has 0 saturated carbocycles. The van der Waals surface area contributed by atoms with Crippen molar-refractivity contribution in [3.63, 3.8) is 0 Å². The van der Waals surface area contributed by atoms with Crippen LogP contribution in [0.3, 0.4) is 0 Å². The minimum Gasteiger partial charge on any atom is -0.497 e. The third-order valence-corrected chi connectivity index (χ3v) is 3.54. The van der Waals surface area contributed by atoms with Gasteiger partial charge in [-0.2, -0.15) is 0 Å². The largest absolute Gasteiger partial charge is 0.497 e. The van der Waals surface area contributed by atoms with E-state index in [1.165, 1.54) is 0 Å². The summed E-state index contributed by atoms with van der Waals surface area (Å²) in [5.74, 6) is 0.812. The lowest BCUT2D eigenvalue weighted by atomic mass is 9.98. The fourth-order valence-electron chi connectivity index (χ4n) is 2.50. The van der Waals surface area contributed by atoms with Gasteiger partial charge in [0.05, 0.1) is 18.8 Å². The molecule has 1 atom stereocenters. The van der Waals surface area contributed by atoms with Gasteiger partial charge in [-0.3, -0.25) is 4.79 Å². The Bertz CT molecular complexity index is 646. The van der Waals surface area contributed by atoms with Crippen LogP contribution in [0.2, 0.25) is 0 Å². The summed E-state index contributed by atoms with van der Waals surface area (Å²) in [7, 11) is 1.64. The molecule has 0 bridgehead atoms. The van der Waals surface area contributed by atoms with E-state index in [1.807, 2.05) is 54.6 Å². The number of rotatable bonds is 3. The lowest BCUT2D eigenvalue weighted by Crippen LogP contribution is -2.28. The van der Waals surface area contributed by atoms with E-state index in [4.69, 9.17) is 4.74 Å². The van der Waals surface area contributed by atoms with Crippen molar-refractivity contribution >= 4 is 18.2 Å². The number of hydrogen-bond acceptors (Lipinski definition) is 2. The van der Waals surface area contributed by atoms with Gasteiger partial charge < -0.3 is 9.64 Å². The second kappa shape index (κ2) is 5.21. The van der Waals surface area contributed by atoms with Gasteiger partial charge in [0.1, 0.15) is 5.75 Å². The predicted molar refractivity (Wildman–Crippen MR) is 79.8 cm³/mol. The Morgan fingerprint density at radius 1 is 1.10 bits per heavy atom. The molecule has 0 radical (unpaired) electrons. The first-order valence-corrected chi connectivity index (χ1v) is 6.48. The molecule has 1 aliphatic rings. The molecule has 0 spiro atoms. The first-order chi connectivity index (χ1) is 9.83. The number of para-hydroxylation sites is 1. The average molecular weight is 265 g/mol. The van der Waals surface area contributed by atoms with Crippen LogP contribution < -0.4 is 9.64 Å². The Balaban J connectivity index is 2.00. The summed E-state index contributed by atoms with van der Waals surface area (Å²) in [5.41, 5.74) is 3.05. The maximum absolute atomic E-state index is 11.5. The second-order valence-electron chi connectivity index (χ2n) is 4.65. The van der Waals surface area contributed by atoms with Crippen LogP contribution in [0.4, 0.5) is 5.69 Å². The van der Waals surface area contributed by atoms with Crippen molar-refractivity contribution in [2.75, 3.05) is 12.0 Å². The van der Waals surface area contributed by atoms with E-state index in [0.29, 0.717) is 0 Å². The normalized spacial score (nSPS) is 16.6. The summed E-state index contributed by atoms with van der Waals surface area (Å²) in [6.07, 6.45) is 4.99. The highest BCUT2D eigenvalue weighted by molar-refractivity contribution is 5.85. The molecular formula is C17H15NO2. The number of carbonyl (C=O) groups excluding carboxylic acids is 1. The van der Waals surface area contributed by atoms with Crippen LogP contribution in [0.15, 0.2) is 54.6 Å². The molecule has 0 saturated heterocycles. The molecule has 20 heavy (non-hydrogen) atoms. The zero-order valence-corrected chi connectivity index (χ0v) is 11.2. The minimum atomic E-state index is -0.0756. The van der Waals surface area contributed by atoms with Crippen molar-refractivity contribution in [2.45, 2.75) is 6.04 Å². The van der Waals surface area contributed by atoms with Crippen molar-refractivity contribution in [1.82, 2.24) is 0 Å². The number of hydrogen-bond donors (Lipinski definition) is 0. The molecular weight excluding hydrogens is 250 g/mol. The Morgan fingerprint density at radius 3 is 2.55 bits per heavy atom. The number of nitrogens with zero attached hydrogens (tertiary/aromatic N) is 1. The summed E-state index contributed by atoms with van der Waals surface area (Å²) in [6.45, 7) is 0. The number of methoxy groups -OCH3 is 1. The molecule has 1 aliphatic heterocycles. The van der Waals surface area contributed by atoms with Gasteiger partial charge in [-0.25, -0.2) is 0 Å². The second-order valence-corrected chi connectivity index (χ2v) is 4.65. The van der Waals surface area contributed by atoms with Gasteiger partial charge in [-0.1, -0.05) is 42.5 Å². The number of carbonyl (C=O) groups is 1. The number of amides is 1. The molecule has 0 fully saturated rings. The summed E-state index contributed by atoms with van der Waals surface area (Å²) in [5, 5.41) is 0. The smallest absolute Gasteiger partial charge is 0.214 e. The quantitative estimate of drug-likeness (QED) is 0.796. The van der Waals surface area contributed by atoms with Gasteiger partial charge in [-0.05, 0) is 29.3 Å². The van der Waals surface area contributed by atoms with E-state index < -0.39 is 0 Å². The van der Waals surface area contributed by atoms with Crippen molar-refractivity contribution in [3.05, 3.63) is 65.7 Å². The van der Waals surface area contributed by atoms with E-state index in [-0.39, 0.29) is 6.04 Å². The zero-order valence-electron chi connectivity index (χ0n) is 11.2. The first kappa shape index (κ1) is 12.5. The van der Waals surface area contributed by atoms with Crippen molar-refractivity contribution in [1.29, 1.82) is 0 Å². The van der Waals surface area contributed by atoms with E-state index in [2.05, 4.69) is 6.08 Å². The van der Waals surface area contributed by atoms with Gasteiger partial charge in [0.25, 0.3) is 0 Å². The standard InChI is InChI=1S/C17H15NO2/c1-20-15-9-6-14(7-10-15)17-11-8-13-4-2-3-5-16(13)18(17)12-19/h2-12,17H,1H3. The number of benzene rings is 2. The lowest BCUT2D eigenvalue weighted by molar-refractivity contribution is -0.107. The van der Waals surface area contributed by atoms with E-state index in [9.17, 15) is 4.79 Å². The number of fused-ring (bicyclic) bond motifs is 1. The molecule has 3 nitrogen and oxygen atoms in total. The molecule has 1 amide bonds. The van der Waals surface area contributed by atoms with Crippen LogP contribution in [0.5, 0.6) is 5.75 Å². The highest BCUT2D eigenvalue weighted by Crippen LogP contribution is 2.35. The van der Waals surface area contributed by atoms with Crippen LogP contribution in [0, 0.1) is 0 Å². The van der Waals surface area contributed by atoms with Crippen LogP contribution in [0.1, 0.15) is 17.2 Å². The number of ether oxygens (including phenoxy) is 1. The Labute approximate surface area is 118 Å². The van der Waals surface area contributed by atoms with E-state index in [1.54, 1.807) is 12.0 Å². The first-order valence-electron chi connectivity index (χ1n) is 6.48. The van der Waals surface area contributed by atoms with Crippen LogP contribution in [0.25, 0.3) is 6.08 Å². The van der Waals surface area contributed by atoms with Gasteiger partial charge in [0, 0.05) is 0 Å².